The highest BCUT2D eigenvalue weighted by molar-refractivity contribution is 9.10. The van der Waals surface area contributed by atoms with Gasteiger partial charge < -0.3 is 4.74 Å². The highest BCUT2D eigenvalue weighted by Crippen LogP contribution is 2.41. The van der Waals surface area contributed by atoms with E-state index < -0.39 is 11.7 Å². The van der Waals surface area contributed by atoms with Crippen molar-refractivity contribution in [2.45, 2.75) is 13.1 Å². The van der Waals surface area contributed by atoms with Crippen LogP contribution >= 0.6 is 39.1 Å². The summed E-state index contributed by atoms with van der Waals surface area (Å²) in [5.74, 6) is 0.423. The Morgan fingerprint density at radius 2 is 1.62 bits per heavy atom. The molecule has 0 saturated heterocycles. The van der Waals surface area contributed by atoms with Gasteiger partial charge in [-0.3, -0.25) is 0 Å². The summed E-state index contributed by atoms with van der Waals surface area (Å²) < 4.78 is 44.3. The number of benzene rings is 2. The molecule has 0 saturated carbocycles. The Hall–Kier alpha value is -0.910. The molecule has 0 fully saturated rings. The maximum Gasteiger partial charge on any atom is 0.416 e. The van der Waals surface area contributed by atoms with E-state index in [2.05, 4.69) is 15.9 Å². The lowest BCUT2D eigenvalue weighted by Gasteiger charge is -2.13. The second kappa shape index (κ2) is 6.07. The van der Waals surface area contributed by atoms with Crippen LogP contribution in [0.25, 0.3) is 0 Å². The summed E-state index contributed by atoms with van der Waals surface area (Å²) in [6.45, 7) is 1.85. The first-order chi connectivity index (χ1) is 9.68. The van der Waals surface area contributed by atoms with Crippen LogP contribution in [0, 0.1) is 6.92 Å². The minimum Gasteiger partial charge on any atom is -0.454 e. The molecule has 0 amide bonds. The largest absolute Gasteiger partial charge is 0.454 e. The van der Waals surface area contributed by atoms with E-state index in [0.717, 1.165) is 22.2 Å². The van der Waals surface area contributed by atoms with E-state index in [4.69, 9.17) is 27.9 Å². The molecular formula is C14H8BrCl2F3O. The van der Waals surface area contributed by atoms with E-state index in [-0.39, 0.29) is 15.8 Å². The fraction of sp³-hybridized carbons (Fsp3) is 0.143. The molecule has 7 heteroatoms. The van der Waals surface area contributed by atoms with Crippen LogP contribution < -0.4 is 4.74 Å². The molecule has 0 bridgehead atoms. The van der Waals surface area contributed by atoms with Gasteiger partial charge in [-0.15, -0.1) is 0 Å². The number of hydrogen-bond acceptors (Lipinski definition) is 1. The Morgan fingerprint density at radius 1 is 1.05 bits per heavy atom. The number of aryl methyl sites for hydroxylation is 1. The quantitative estimate of drug-likeness (QED) is 0.535. The van der Waals surface area contributed by atoms with Crippen molar-refractivity contribution in [2.24, 2.45) is 0 Å². The van der Waals surface area contributed by atoms with Gasteiger partial charge in [0.2, 0.25) is 0 Å². The molecule has 1 nitrogen and oxygen atoms in total. The second-order valence-electron chi connectivity index (χ2n) is 4.28. The Labute approximate surface area is 137 Å². The number of rotatable bonds is 2. The van der Waals surface area contributed by atoms with Gasteiger partial charge in [-0.25, -0.2) is 0 Å². The lowest BCUT2D eigenvalue weighted by atomic mass is 10.2. The SMILES string of the molecule is Cc1cc(Oc2c(Cl)cc(C(F)(F)F)cc2Cl)ccc1Br. The van der Waals surface area contributed by atoms with Crippen LogP contribution in [0.4, 0.5) is 13.2 Å². The van der Waals surface area contributed by atoms with Gasteiger partial charge in [0.15, 0.2) is 5.75 Å². The molecule has 21 heavy (non-hydrogen) atoms. The lowest BCUT2D eigenvalue weighted by molar-refractivity contribution is -0.137. The molecule has 112 valence electrons. The van der Waals surface area contributed by atoms with E-state index in [1.165, 1.54) is 0 Å². The van der Waals surface area contributed by atoms with E-state index in [1.54, 1.807) is 18.2 Å². The Morgan fingerprint density at radius 3 is 2.10 bits per heavy atom. The summed E-state index contributed by atoms with van der Waals surface area (Å²) >= 11 is 15.0. The fourth-order valence-corrected chi connectivity index (χ4v) is 2.43. The predicted octanol–water partition coefficient (Wildman–Crippen LogP) is 6.88. The van der Waals surface area contributed by atoms with Gasteiger partial charge in [0.05, 0.1) is 15.6 Å². The summed E-state index contributed by atoms with van der Waals surface area (Å²) in [6.07, 6.45) is -4.51. The zero-order chi connectivity index (χ0) is 15.8. The van der Waals surface area contributed by atoms with E-state index >= 15 is 0 Å². The molecule has 2 aromatic carbocycles. The Kier molecular flexibility index (Phi) is 4.76. The average molecular weight is 400 g/mol. The zero-order valence-corrected chi connectivity index (χ0v) is 13.7. The molecule has 2 rings (SSSR count). The van der Waals surface area contributed by atoms with Gasteiger partial charge in [-0.1, -0.05) is 39.1 Å². The normalized spacial score (nSPS) is 11.6. The molecule has 0 aliphatic heterocycles. The second-order valence-corrected chi connectivity index (χ2v) is 5.95. The molecule has 0 aromatic heterocycles. The monoisotopic (exact) mass is 398 g/mol. The van der Waals surface area contributed by atoms with Gasteiger partial charge in [0, 0.05) is 4.47 Å². The van der Waals surface area contributed by atoms with Gasteiger partial charge in [0.25, 0.3) is 0 Å². The van der Waals surface area contributed by atoms with Gasteiger partial charge in [-0.2, -0.15) is 13.2 Å². The molecule has 0 N–H and O–H groups in total. The van der Waals surface area contributed by atoms with Crippen molar-refractivity contribution in [2.75, 3.05) is 0 Å². The summed E-state index contributed by atoms with van der Waals surface area (Å²) in [5, 5.41) is -0.397. The third-order valence-electron chi connectivity index (χ3n) is 2.67. The van der Waals surface area contributed by atoms with Crippen LogP contribution in [0.15, 0.2) is 34.8 Å². The number of ether oxygens (including phenoxy) is 1. The minimum absolute atomic E-state index is 0.00643. The van der Waals surface area contributed by atoms with Crippen molar-refractivity contribution in [3.8, 4) is 11.5 Å². The molecule has 0 aliphatic rings. The molecular weight excluding hydrogens is 392 g/mol. The summed E-state index contributed by atoms with van der Waals surface area (Å²) in [7, 11) is 0. The molecule has 0 heterocycles. The average Bonchev–Trinajstić information content (AvgIpc) is 2.36. The van der Waals surface area contributed by atoms with Crippen LogP contribution in [-0.4, -0.2) is 0 Å². The maximum absolute atomic E-state index is 12.6. The molecule has 0 atom stereocenters. The Balaban J connectivity index is 2.39. The third-order valence-corrected chi connectivity index (χ3v) is 4.13. The van der Waals surface area contributed by atoms with Crippen LogP contribution in [0.3, 0.4) is 0 Å². The smallest absolute Gasteiger partial charge is 0.416 e. The third kappa shape index (κ3) is 3.84. The highest BCUT2D eigenvalue weighted by Gasteiger charge is 2.32. The number of hydrogen-bond donors (Lipinski definition) is 0. The van der Waals surface area contributed by atoms with Gasteiger partial charge in [-0.05, 0) is 42.8 Å². The van der Waals surface area contributed by atoms with Crippen molar-refractivity contribution in [1.82, 2.24) is 0 Å². The summed E-state index contributed by atoms with van der Waals surface area (Å²) in [4.78, 5) is 0. The molecule has 0 radical (unpaired) electrons. The number of halogens is 6. The van der Waals surface area contributed by atoms with Crippen molar-refractivity contribution >= 4 is 39.1 Å². The summed E-state index contributed by atoms with van der Waals surface area (Å²) in [5.41, 5.74) is -0.0107. The van der Waals surface area contributed by atoms with Crippen LogP contribution in [0.1, 0.15) is 11.1 Å². The predicted molar refractivity (Wildman–Crippen MR) is 80.4 cm³/mol. The van der Waals surface area contributed by atoms with E-state index in [0.29, 0.717) is 5.75 Å². The van der Waals surface area contributed by atoms with Crippen molar-refractivity contribution < 1.29 is 17.9 Å². The van der Waals surface area contributed by atoms with Crippen LogP contribution in [0.2, 0.25) is 10.0 Å². The zero-order valence-electron chi connectivity index (χ0n) is 10.6. The minimum atomic E-state index is -4.51. The number of alkyl halides is 3. The van der Waals surface area contributed by atoms with Crippen molar-refractivity contribution in [3.05, 3.63) is 56.0 Å². The standard InChI is InChI=1S/C14H8BrCl2F3O/c1-7-4-9(2-3-10(7)15)21-13-11(16)5-8(6-12(13)17)14(18,19)20/h2-6H,1H3. The topological polar surface area (TPSA) is 9.23 Å². The fourth-order valence-electron chi connectivity index (χ4n) is 1.62. The van der Waals surface area contributed by atoms with Crippen LogP contribution in [-0.2, 0) is 6.18 Å². The first kappa shape index (κ1) is 16.5. The van der Waals surface area contributed by atoms with Gasteiger partial charge >= 0.3 is 6.18 Å². The van der Waals surface area contributed by atoms with Crippen molar-refractivity contribution in [3.63, 3.8) is 0 Å². The lowest BCUT2D eigenvalue weighted by Crippen LogP contribution is -2.05. The molecule has 0 aliphatic carbocycles. The molecule has 0 spiro atoms. The maximum atomic E-state index is 12.6. The van der Waals surface area contributed by atoms with E-state index in [1.807, 2.05) is 6.92 Å². The van der Waals surface area contributed by atoms with Crippen molar-refractivity contribution in [1.29, 1.82) is 0 Å². The van der Waals surface area contributed by atoms with Crippen LogP contribution in [0.5, 0.6) is 11.5 Å². The first-order valence-corrected chi connectivity index (χ1v) is 7.23. The summed E-state index contributed by atoms with van der Waals surface area (Å²) in [6, 6.07) is 6.70. The first-order valence-electron chi connectivity index (χ1n) is 5.68. The molecule has 0 unspecified atom stereocenters. The van der Waals surface area contributed by atoms with Gasteiger partial charge in [0.1, 0.15) is 5.75 Å². The Bertz CT molecular complexity index is 663. The van der Waals surface area contributed by atoms with E-state index in [9.17, 15) is 13.2 Å². The highest BCUT2D eigenvalue weighted by atomic mass is 79.9. The molecule has 2 aromatic rings.